The van der Waals surface area contributed by atoms with Crippen molar-refractivity contribution in [2.24, 2.45) is 0 Å². The van der Waals surface area contributed by atoms with Crippen molar-refractivity contribution in [3.05, 3.63) is 82.0 Å². The normalized spacial score (nSPS) is 10.7. The summed E-state index contributed by atoms with van der Waals surface area (Å²) in [5, 5.41) is 27.8. The van der Waals surface area contributed by atoms with Gasteiger partial charge in [0.1, 0.15) is 11.1 Å². The van der Waals surface area contributed by atoms with E-state index >= 15 is 0 Å². The van der Waals surface area contributed by atoms with E-state index in [1.54, 1.807) is 24.3 Å². The number of halogens is 2. The molecule has 2 aromatic carbocycles. The van der Waals surface area contributed by atoms with Gasteiger partial charge in [-0.25, -0.2) is 0 Å². The van der Waals surface area contributed by atoms with Gasteiger partial charge in [-0.3, -0.25) is 4.57 Å². The third-order valence-corrected chi connectivity index (χ3v) is 5.48. The number of hydrogen-bond acceptors (Lipinski definition) is 6. The summed E-state index contributed by atoms with van der Waals surface area (Å²) in [7, 11) is 0. The monoisotopic (exact) mass is 438 g/mol. The molecule has 0 saturated carbocycles. The second-order valence-electron chi connectivity index (χ2n) is 5.97. The van der Waals surface area contributed by atoms with E-state index in [9.17, 15) is 0 Å². The lowest BCUT2D eigenvalue weighted by Crippen LogP contribution is -2.04. The molecule has 0 aliphatic carbocycles. The van der Waals surface area contributed by atoms with E-state index in [2.05, 4.69) is 20.4 Å². The summed E-state index contributed by atoms with van der Waals surface area (Å²) in [6, 6.07) is 20.6. The second kappa shape index (κ2) is 8.62. The summed E-state index contributed by atoms with van der Waals surface area (Å²) in [6.07, 6.45) is 0. The van der Waals surface area contributed by atoms with Crippen LogP contribution < -0.4 is 0 Å². The maximum atomic E-state index is 8.89. The Bertz CT molecular complexity index is 1190. The number of hydrogen-bond donors (Lipinski definition) is 0. The summed E-state index contributed by atoms with van der Waals surface area (Å²) in [5.41, 5.74) is 2.08. The van der Waals surface area contributed by atoms with Gasteiger partial charge in [0.05, 0.1) is 11.6 Å². The lowest BCUT2D eigenvalue weighted by atomic mass is 10.2. The fourth-order valence-corrected chi connectivity index (χ4v) is 3.91. The Morgan fingerprint density at radius 1 is 0.931 bits per heavy atom. The molecular formula is C20H12Cl2N6S. The van der Waals surface area contributed by atoms with Crippen molar-refractivity contribution in [1.82, 2.24) is 25.0 Å². The van der Waals surface area contributed by atoms with Gasteiger partial charge in [0, 0.05) is 10.6 Å². The van der Waals surface area contributed by atoms with E-state index < -0.39 is 0 Å². The highest BCUT2D eigenvalue weighted by molar-refractivity contribution is 7.99. The zero-order chi connectivity index (χ0) is 20.2. The van der Waals surface area contributed by atoms with Crippen molar-refractivity contribution in [3.8, 4) is 17.5 Å². The fourth-order valence-electron chi connectivity index (χ4n) is 2.67. The van der Waals surface area contributed by atoms with E-state index in [0.717, 1.165) is 11.1 Å². The fraction of sp³-hybridized carbons (Fsp3) is 0.0500. The molecule has 0 bridgehead atoms. The molecule has 6 nitrogen and oxygen atoms in total. The molecule has 0 atom stereocenters. The van der Waals surface area contributed by atoms with Gasteiger partial charge in [0.2, 0.25) is 0 Å². The first-order valence-corrected chi connectivity index (χ1v) is 10.1. The molecule has 0 N–H and O–H groups in total. The standard InChI is InChI=1S/C20H12Cl2N6S/c21-14-6-8-16(17(22)10-14)19-26-27-20(28(19)12-13-4-2-1-3-5-13)29-18-9-7-15(11-23)24-25-18/h1-10H,12H2. The van der Waals surface area contributed by atoms with Gasteiger partial charge >= 0.3 is 0 Å². The number of aromatic nitrogens is 5. The van der Waals surface area contributed by atoms with Gasteiger partial charge in [-0.05, 0) is 47.7 Å². The van der Waals surface area contributed by atoms with E-state index in [1.165, 1.54) is 11.8 Å². The van der Waals surface area contributed by atoms with Crippen LogP contribution in [0.25, 0.3) is 11.4 Å². The molecule has 2 heterocycles. The maximum absolute atomic E-state index is 8.89. The van der Waals surface area contributed by atoms with Crippen molar-refractivity contribution in [3.63, 3.8) is 0 Å². The van der Waals surface area contributed by atoms with Crippen LogP contribution in [0.2, 0.25) is 10.0 Å². The Balaban J connectivity index is 1.76. The van der Waals surface area contributed by atoms with Crippen LogP contribution in [0.5, 0.6) is 0 Å². The van der Waals surface area contributed by atoms with Crippen molar-refractivity contribution in [2.75, 3.05) is 0 Å². The third-order valence-electron chi connectivity index (χ3n) is 4.02. The Labute approximate surface area is 181 Å². The molecule has 4 rings (SSSR count). The summed E-state index contributed by atoms with van der Waals surface area (Å²) in [6.45, 7) is 0.550. The third kappa shape index (κ3) is 4.40. The van der Waals surface area contributed by atoms with E-state index in [1.807, 2.05) is 47.0 Å². The topological polar surface area (TPSA) is 80.3 Å². The molecule has 0 amide bonds. The molecule has 0 spiro atoms. The van der Waals surface area contributed by atoms with Crippen molar-refractivity contribution in [2.45, 2.75) is 16.7 Å². The molecule has 4 aromatic rings. The minimum Gasteiger partial charge on any atom is -0.297 e. The Morgan fingerprint density at radius 3 is 2.45 bits per heavy atom. The van der Waals surface area contributed by atoms with Gasteiger partial charge in [-0.15, -0.1) is 20.4 Å². The van der Waals surface area contributed by atoms with E-state index in [0.29, 0.717) is 32.6 Å². The van der Waals surface area contributed by atoms with Crippen LogP contribution >= 0.6 is 35.0 Å². The SMILES string of the molecule is N#Cc1ccc(Sc2nnc(-c3ccc(Cl)cc3Cl)n2Cc2ccccc2)nn1. The van der Waals surface area contributed by atoms with Crippen LogP contribution in [0.15, 0.2) is 70.8 Å². The summed E-state index contributed by atoms with van der Waals surface area (Å²) in [4.78, 5) is 0. The summed E-state index contributed by atoms with van der Waals surface area (Å²) in [5.74, 6) is 0.625. The average Bonchev–Trinajstić information content (AvgIpc) is 3.11. The quantitative estimate of drug-likeness (QED) is 0.430. The minimum atomic E-state index is 0.258. The molecule has 2 aromatic heterocycles. The molecule has 0 radical (unpaired) electrons. The Kier molecular flexibility index (Phi) is 5.76. The first-order chi connectivity index (χ1) is 14.1. The minimum absolute atomic E-state index is 0.258. The van der Waals surface area contributed by atoms with Crippen LogP contribution in [0.1, 0.15) is 11.3 Å². The van der Waals surface area contributed by atoms with Crippen LogP contribution in [-0.4, -0.2) is 25.0 Å². The molecule has 0 aliphatic heterocycles. The van der Waals surface area contributed by atoms with Crippen molar-refractivity contribution >= 4 is 35.0 Å². The molecule has 0 saturated heterocycles. The predicted molar refractivity (Wildman–Crippen MR) is 112 cm³/mol. The van der Waals surface area contributed by atoms with Gasteiger partial charge in [0.25, 0.3) is 0 Å². The summed E-state index contributed by atoms with van der Waals surface area (Å²) < 4.78 is 1.97. The molecule has 0 fully saturated rings. The Morgan fingerprint density at radius 2 is 1.76 bits per heavy atom. The zero-order valence-electron chi connectivity index (χ0n) is 14.8. The van der Waals surface area contributed by atoms with Gasteiger partial charge in [0.15, 0.2) is 16.7 Å². The smallest absolute Gasteiger partial charge is 0.198 e. The highest BCUT2D eigenvalue weighted by atomic mass is 35.5. The predicted octanol–water partition coefficient (Wildman–Crippen LogP) is 5.11. The van der Waals surface area contributed by atoms with Gasteiger partial charge in [-0.1, -0.05) is 53.5 Å². The van der Waals surface area contributed by atoms with Crippen LogP contribution in [-0.2, 0) is 6.54 Å². The molecule has 9 heteroatoms. The molecule has 142 valence electrons. The van der Waals surface area contributed by atoms with Gasteiger partial charge < -0.3 is 0 Å². The number of benzene rings is 2. The van der Waals surface area contributed by atoms with E-state index in [-0.39, 0.29) is 5.69 Å². The van der Waals surface area contributed by atoms with Crippen molar-refractivity contribution < 1.29 is 0 Å². The number of rotatable bonds is 5. The van der Waals surface area contributed by atoms with Crippen LogP contribution in [0, 0.1) is 11.3 Å². The van der Waals surface area contributed by atoms with E-state index in [4.69, 9.17) is 28.5 Å². The van der Waals surface area contributed by atoms with Crippen molar-refractivity contribution in [1.29, 1.82) is 5.26 Å². The molecular weight excluding hydrogens is 427 g/mol. The molecule has 0 aliphatic rings. The second-order valence-corrected chi connectivity index (χ2v) is 7.80. The first kappa shape index (κ1) is 19.4. The Hall–Kier alpha value is -2.92. The average molecular weight is 439 g/mol. The summed E-state index contributed by atoms with van der Waals surface area (Å²) >= 11 is 13.8. The first-order valence-electron chi connectivity index (χ1n) is 8.48. The molecule has 29 heavy (non-hydrogen) atoms. The zero-order valence-corrected chi connectivity index (χ0v) is 17.2. The van der Waals surface area contributed by atoms with Gasteiger partial charge in [-0.2, -0.15) is 5.26 Å². The van der Waals surface area contributed by atoms with Crippen LogP contribution in [0.4, 0.5) is 0 Å². The lowest BCUT2D eigenvalue weighted by molar-refractivity contribution is 0.713. The maximum Gasteiger partial charge on any atom is 0.198 e. The largest absolute Gasteiger partial charge is 0.297 e. The highest BCUT2D eigenvalue weighted by Gasteiger charge is 2.18. The lowest BCUT2D eigenvalue weighted by Gasteiger charge is -2.11. The number of nitrogens with zero attached hydrogens (tertiary/aromatic N) is 6. The highest BCUT2D eigenvalue weighted by Crippen LogP contribution is 2.33. The number of nitriles is 1. The van der Waals surface area contributed by atoms with Crippen LogP contribution in [0.3, 0.4) is 0 Å². The molecule has 0 unspecified atom stereocenters.